The molecule has 0 radical (unpaired) electrons. The smallest absolute Gasteiger partial charge is 0.471 e. The van der Waals surface area contributed by atoms with E-state index < -0.39 is 18.3 Å². The second-order valence-electron chi connectivity index (χ2n) is 8.68. The van der Waals surface area contributed by atoms with Crippen LogP contribution in [0.4, 0.5) is 0 Å². The fourth-order valence-corrected chi connectivity index (χ4v) is 3.73. The van der Waals surface area contributed by atoms with Gasteiger partial charge in [-0.15, -0.1) is 0 Å². The lowest BCUT2D eigenvalue weighted by Crippen LogP contribution is -2.41. The molecule has 6 nitrogen and oxygen atoms in total. The number of nitriles is 1. The Hall–Kier alpha value is -2.43. The lowest BCUT2D eigenvalue weighted by molar-refractivity contribution is 0.00578. The topological polar surface area (TPSA) is 77.3 Å². The molecule has 0 aromatic carbocycles. The molecule has 0 N–H and O–H groups in total. The Morgan fingerprint density at radius 2 is 1.83 bits per heavy atom. The van der Waals surface area contributed by atoms with Crippen LogP contribution in [0.2, 0.25) is 0 Å². The van der Waals surface area contributed by atoms with Crippen molar-refractivity contribution in [1.82, 2.24) is 9.97 Å². The number of rotatable bonds is 4. The monoisotopic (exact) mass is 391 g/mol. The predicted molar refractivity (Wildman–Crippen MR) is 110 cm³/mol. The number of hydrogen-bond acceptors (Lipinski definition) is 6. The molecule has 0 unspecified atom stereocenters. The van der Waals surface area contributed by atoms with Crippen LogP contribution in [-0.2, 0) is 28.8 Å². The number of ether oxygens (including phenoxy) is 1. The molecule has 3 heterocycles. The summed E-state index contributed by atoms with van der Waals surface area (Å²) in [6.07, 6.45) is 4.18. The van der Waals surface area contributed by atoms with Crippen LogP contribution in [0.25, 0.3) is 0 Å². The highest BCUT2D eigenvalue weighted by Gasteiger charge is 2.52. The third-order valence-corrected chi connectivity index (χ3v) is 6.11. The molecule has 1 aliphatic heterocycles. The van der Waals surface area contributed by atoms with Gasteiger partial charge in [0.15, 0.2) is 0 Å². The first-order valence-electron chi connectivity index (χ1n) is 10.2. The first kappa shape index (κ1) is 19.9. The average Bonchev–Trinajstić information content (AvgIpc) is 2.93. The van der Waals surface area contributed by atoms with E-state index in [9.17, 15) is 0 Å². The molecule has 1 fully saturated rings. The predicted octanol–water partition coefficient (Wildman–Crippen LogP) is 3.11. The summed E-state index contributed by atoms with van der Waals surface area (Å²) < 4.78 is 18.6. The fraction of sp³-hybridized carbons (Fsp3) is 0.500. The van der Waals surface area contributed by atoms with E-state index in [0.717, 1.165) is 36.8 Å². The summed E-state index contributed by atoms with van der Waals surface area (Å²) in [5.41, 5.74) is 3.59. The summed E-state index contributed by atoms with van der Waals surface area (Å²) in [5.74, 6) is 0.541. The van der Waals surface area contributed by atoms with Gasteiger partial charge in [-0.2, -0.15) is 5.26 Å². The molecule has 7 heteroatoms. The number of nitrogens with zero attached hydrogens (tertiary/aromatic N) is 3. The van der Waals surface area contributed by atoms with Gasteiger partial charge in [0, 0.05) is 11.8 Å². The molecule has 0 amide bonds. The number of aryl methyl sites for hydroxylation is 1. The van der Waals surface area contributed by atoms with Crippen LogP contribution in [0.5, 0.6) is 5.88 Å². The van der Waals surface area contributed by atoms with Gasteiger partial charge in [0.05, 0.1) is 16.9 Å². The Labute approximate surface area is 172 Å². The van der Waals surface area contributed by atoms with E-state index in [4.69, 9.17) is 24.3 Å². The molecule has 0 saturated carbocycles. The molecular weight excluding hydrogens is 365 g/mol. The van der Waals surface area contributed by atoms with Crippen LogP contribution >= 0.6 is 0 Å². The van der Waals surface area contributed by atoms with Gasteiger partial charge in [0.2, 0.25) is 5.88 Å². The maximum atomic E-state index is 9.03. The zero-order chi connectivity index (χ0) is 20.6. The van der Waals surface area contributed by atoms with Crippen molar-refractivity contribution < 1.29 is 14.0 Å². The number of fused-ring (bicyclic) bond motifs is 1. The molecule has 2 aromatic rings. The molecule has 29 heavy (non-hydrogen) atoms. The number of pyridine rings is 2. The summed E-state index contributed by atoms with van der Waals surface area (Å²) >= 11 is 0. The van der Waals surface area contributed by atoms with Crippen molar-refractivity contribution in [2.45, 2.75) is 71.2 Å². The minimum Gasteiger partial charge on any atom is -0.471 e. The van der Waals surface area contributed by atoms with E-state index in [0.29, 0.717) is 17.3 Å². The zero-order valence-electron chi connectivity index (χ0n) is 17.5. The molecule has 4 rings (SSSR count). The summed E-state index contributed by atoms with van der Waals surface area (Å²) in [5, 5.41) is 9.03. The first-order valence-corrected chi connectivity index (χ1v) is 10.2. The van der Waals surface area contributed by atoms with Crippen molar-refractivity contribution in [2.75, 3.05) is 0 Å². The van der Waals surface area contributed by atoms with Crippen molar-refractivity contribution in [3.8, 4) is 11.9 Å². The van der Waals surface area contributed by atoms with Crippen LogP contribution in [-0.4, -0.2) is 28.3 Å². The molecule has 1 aliphatic carbocycles. The third kappa shape index (κ3) is 3.87. The zero-order valence-corrected chi connectivity index (χ0v) is 17.5. The molecule has 2 aliphatic rings. The minimum atomic E-state index is -0.433. The summed E-state index contributed by atoms with van der Waals surface area (Å²) in [4.78, 5) is 9.02. The van der Waals surface area contributed by atoms with Gasteiger partial charge in [0.1, 0.15) is 18.4 Å². The number of hydrogen-bond donors (Lipinski definition) is 0. The Kier molecular flexibility index (Phi) is 5.10. The van der Waals surface area contributed by atoms with E-state index >= 15 is 0 Å². The van der Waals surface area contributed by atoms with Gasteiger partial charge in [-0.25, -0.2) is 9.97 Å². The first-order chi connectivity index (χ1) is 13.8. The third-order valence-electron chi connectivity index (χ3n) is 6.11. The van der Waals surface area contributed by atoms with Crippen molar-refractivity contribution in [3.05, 3.63) is 46.9 Å². The molecule has 0 spiro atoms. The summed E-state index contributed by atoms with van der Waals surface area (Å²) in [7, 11) is -0.433. The minimum absolute atomic E-state index is 0.254. The van der Waals surface area contributed by atoms with Gasteiger partial charge in [0.25, 0.3) is 0 Å². The number of aromatic nitrogens is 2. The summed E-state index contributed by atoms with van der Waals surface area (Å²) in [6, 6.07) is 9.32. The fourth-order valence-electron chi connectivity index (χ4n) is 3.73. The standard InChI is InChI=1S/C22H26BN3O3/c1-21(2)22(3,4)29-23(28-21)18-12-20(26-19-11-6-5-10-17(18)19)27-14-16-9-7-8-15(13-24)25-16/h7-9,12H,5-6,10-11,14H2,1-4H3. The van der Waals surface area contributed by atoms with Crippen LogP contribution in [0.1, 0.15) is 63.2 Å². The maximum absolute atomic E-state index is 9.03. The van der Waals surface area contributed by atoms with Crippen molar-refractivity contribution >= 4 is 12.6 Å². The normalized spacial score (nSPS) is 19.5. The molecular formula is C22H26BN3O3. The Balaban J connectivity index is 1.63. The Morgan fingerprint density at radius 1 is 1.10 bits per heavy atom. The van der Waals surface area contributed by atoms with Gasteiger partial charge < -0.3 is 14.0 Å². The van der Waals surface area contributed by atoms with Gasteiger partial charge in [-0.1, -0.05) is 6.07 Å². The quantitative estimate of drug-likeness (QED) is 0.746. The second kappa shape index (κ2) is 7.44. The molecule has 0 bridgehead atoms. The van der Waals surface area contributed by atoms with Crippen LogP contribution in [0.15, 0.2) is 24.3 Å². The maximum Gasteiger partial charge on any atom is 0.495 e. The highest BCUT2D eigenvalue weighted by Crippen LogP contribution is 2.37. The lowest BCUT2D eigenvalue weighted by atomic mass is 9.73. The van der Waals surface area contributed by atoms with E-state index in [1.54, 1.807) is 12.1 Å². The van der Waals surface area contributed by atoms with Gasteiger partial charge in [-0.3, -0.25) is 0 Å². The molecule has 0 atom stereocenters. The van der Waals surface area contributed by atoms with Crippen molar-refractivity contribution in [3.63, 3.8) is 0 Å². The van der Waals surface area contributed by atoms with Crippen molar-refractivity contribution in [1.29, 1.82) is 5.26 Å². The Morgan fingerprint density at radius 3 is 2.55 bits per heavy atom. The second-order valence-corrected chi connectivity index (χ2v) is 8.68. The largest absolute Gasteiger partial charge is 0.495 e. The molecule has 1 saturated heterocycles. The lowest BCUT2D eigenvalue weighted by Gasteiger charge is -2.32. The molecule has 150 valence electrons. The molecule has 2 aromatic heterocycles. The van der Waals surface area contributed by atoms with E-state index in [-0.39, 0.29) is 6.61 Å². The SMILES string of the molecule is CC1(C)OB(c2cc(OCc3cccc(C#N)n3)nc3c2CCCC3)OC1(C)C. The van der Waals surface area contributed by atoms with E-state index in [1.807, 2.05) is 12.1 Å². The van der Waals surface area contributed by atoms with E-state index in [2.05, 4.69) is 38.7 Å². The Bertz CT molecular complexity index is 952. The summed E-state index contributed by atoms with van der Waals surface area (Å²) in [6.45, 7) is 8.50. The van der Waals surface area contributed by atoms with Crippen LogP contribution < -0.4 is 10.2 Å². The van der Waals surface area contributed by atoms with Crippen LogP contribution in [0, 0.1) is 11.3 Å². The highest BCUT2D eigenvalue weighted by atomic mass is 16.7. The van der Waals surface area contributed by atoms with Crippen LogP contribution in [0.3, 0.4) is 0 Å². The average molecular weight is 391 g/mol. The van der Waals surface area contributed by atoms with Crippen molar-refractivity contribution in [2.24, 2.45) is 0 Å². The van der Waals surface area contributed by atoms with Gasteiger partial charge >= 0.3 is 7.12 Å². The highest BCUT2D eigenvalue weighted by molar-refractivity contribution is 6.62. The van der Waals surface area contributed by atoms with E-state index in [1.165, 1.54) is 5.56 Å². The van der Waals surface area contributed by atoms with Gasteiger partial charge in [-0.05, 0) is 76.5 Å².